The molecular weight excluding hydrogens is 278 g/mol. The summed E-state index contributed by atoms with van der Waals surface area (Å²) < 4.78 is 5.47. The number of ether oxygens (including phenoxy) is 1. The van der Waals surface area contributed by atoms with Crippen LogP contribution in [-0.2, 0) is 13.0 Å². The van der Waals surface area contributed by atoms with Gasteiger partial charge in [0.15, 0.2) is 0 Å². The van der Waals surface area contributed by atoms with Crippen LogP contribution in [0.1, 0.15) is 38.2 Å². The molecule has 0 aliphatic rings. The number of benzene rings is 1. The third-order valence-corrected chi connectivity index (χ3v) is 3.45. The molecule has 0 aliphatic carbocycles. The largest absolute Gasteiger partial charge is 0.496 e. The minimum Gasteiger partial charge on any atom is -0.496 e. The molecule has 2 rings (SSSR count). The number of hydrogen-bond donors (Lipinski definition) is 0. The van der Waals surface area contributed by atoms with E-state index < -0.39 is 0 Å². The smallest absolute Gasteiger partial charge is 0.208 e. The van der Waals surface area contributed by atoms with Crippen LogP contribution in [0.5, 0.6) is 5.75 Å². The van der Waals surface area contributed by atoms with Gasteiger partial charge in [-0.3, -0.25) is 0 Å². The molecule has 6 heteroatoms. The first-order valence-corrected chi connectivity index (χ1v) is 7.60. The molecule has 0 amide bonds. The van der Waals surface area contributed by atoms with Crippen LogP contribution < -0.4 is 4.74 Å². The second-order valence-corrected chi connectivity index (χ2v) is 5.11. The summed E-state index contributed by atoms with van der Waals surface area (Å²) >= 11 is 0. The molecule has 116 valence electrons. The van der Waals surface area contributed by atoms with Crippen molar-refractivity contribution in [1.82, 2.24) is 20.2 Å². The second kappa shape index (κ2) is 8.13. The minimum atomic E-state index is 0.364. The van der Waals surface area contributed by atoms with Crippen molar-refractivity contribution in [2.75, 3.05) is 7.11 Å². The van der Waals surface area contributed by atoms with Gasteiger partial charge in [-0.1, -0.05) is 25.8 Å². The molecular formula is C16H21N5O. The minimum absolute atomic E-state index is 0.364. The Hall–Kier alpha value is -2.42. The molecule has 22 heavy (non-hydrogen) atoms. The summed E-state index contributed by atoms with van der Waals surface area (Å²) in [6.45, 7) is 2.64. The fourth-order valence-electron chi connectivity index (χ4n) is 2.25. The Morgan fingerprint density at radius 3 is 2.91 bits per heavy atom. The number of nitriles is 1. The third kappa shape index (κ3) is 4.04. The summed E-state index contributed by atoms with van der Waals surface area (Å²) in [5, 5.41) is 20.9. The normalized spacial score (nSPS) is 10.4. The van der Waals surface area contributed by atoms with Gasteiger partial charge in [0, 0.05) is 0 Å². The number of unbranched alkanes of at least 4 members (excludes halogenated alkanes) is 2. The summed E-state index contributed by atoms with van der Waals surface area (Å²) in [5.74, 6) is 1.28. The molecule has 0 saturated heterocycles. The standard InChI is InChI=1S/C16H21N5O/c1-3-4-5-7-13-8-9-14(15(12-13)22-2)16-18-20-21(19-16)11-6-10-17/h8-9,12H,3-7,11H2,1-2H3. The maximum Gasteiger partial charge on any atom is 0.208 e. The molecule has 6 nitrogen and oxygen atoms in total. The molecule has 0 spiro atoms. The lowest BCUT2D eigenvalue weighted by Gasteiger charge is -2.08. The quantitative estimate of drug-likeness (QED) is 0.700. The van der Waals surface area contributed by atoms with Gasteiger partial charge in [0.2, 0.25) is 5.82 Å². The number of tetrazole rings is 1. The van der Waals surface area contributed by atoms with Gasteiger partial charge < -0.3 is 4.74 Å². The number of methoxy groups -OCH3 is 1. The molecule has 0 saturated carbocycles. The van der Waals surface area contributed by atoms with Gasteiger partial charge in [0.05, 0.1) is 31.7 Å². The number of hydrogen-bond acceptors (Lipinski definition) is 5. The van der Waals surface area contributed by atoms with Gasteiger partial charge >= 0.3 is 0 Å². The van der Waals surface area contributed by atoms with E-state index in [0.29, 0.717) is 18.8 Å². The second-order valence-electron chi connectivity index (χ2n) is 5.11. The number of rotatable bonds is 8. The Labute approximate surface area is 130 Å². The zero-order valence-corrected chi connectivity index (χ0v) is 13.1. The van der Waals surface area contributed by atoms with Crippen molar-refractivity contribution in [3.05, 3.63) is 23.8 Å². The van der Waals surface area contributed by atoms with Gasteiger partial charge in [-0.2, -0.15) is 10.1 Å². The van der Waals surface area contributed by atoms with Gasteiger partial charge in [0.1, 0.15) is 5.75 Å². The lowest BCUT2D eigenvalue weighted by atomic mass is 10.0. The Morgan fingerprint density at radius 2 is 2.18 bits per heavy atom. The highest BCUT2D eigenvalue weighted by molar-refractivity contribution is 5.64. The van der Waals surface area contributed by atoms with Crippen molar-refractivity contribution < 1.29 is 4.74 Å². The van der Waals surface area contributed by atoms with E-state index in [1.165, 1.54) is 29.6 Å². The van der Waals surface area contributed by atoms with Crippen LogP contribution in [0, 0.1) is 11.3 Å². The maximum absolute atomic E-state index is 8.59. The molecule has 0 aliphatic heterocycles. The monoisotopic (exact) mass is 299 g/mol. The third-order valence-electron chi connectivity index (χ3n) is 3.45. The summed E-state index contributed by atoms with van der Waals surface area (Å²) in [6.07, 6.45) is 5.04. The number of nitrogens with zero attached hydrogens (tertiary/aromatic N) is 5. The summed E-state index contributed by atoms with van der Waals surface area (Å²) in [4.78, 5) is 1.44. The van der Waals surface area contributed by atoms with E-state index >= 15 is 0 Å². The van der Waals surface area contributed by atoms with E-state index in [1.807, 2.05) is 12.1 Å². The van der Waals surface area contributed by atoms with Gasteiger partial charge in [-0.25, -0.2) is 0 Å². The van der Waals surface area contributed by atoms with Crippen molar-refractivity contribution in [1.29, 1.82) is 5.26 Å². The Kier molecular flexibility index (Phi) is 5.90. The molecule has 0 N–H and O–H groups in total. The molecule has 0 radical (unpaired) electrons. The van der Waals surface area contributed by atoms with E-state index in [-0.39, 0.29) is 0 Å². The molecule has 0 atom stereocenters. The van der Waals surface area contributed by atoms with Crippen molar-refractivity contribution in [3.8, 4) is 23.2 Å². The Morgan fingerprint density at radius 1 is 1.32 bits per heavy atom. The lowest BCUT2D eigenvalue weighted by molar-refractivity contribution is 0.415. The highest BCUT2D eigenvalue weighted by Gasteiger charge is 2.12. The average Bonchev–Trinajstić information content (AvgIpc) is 3.01. The van der Waals surface area contributed by atoms with Crippen LogP contribution in [0.2, 0.25) is 0 Å². The van der Waals surface area contributed by atoms with E-state index in [9.17, 15) is 0 Å². The van der Waals surface area contributed by atoms with E-state index in [4.69, 9.17) is 10.00 Å². The van der Waals surface area contributed by atoms with Crippen LogP contribution in [0.4, 0.5) is 0 Å². The van der Waals surface area contributed by atoms with Crippen molar-refractivity contribution in [3.63, 3.8) is 0 Å². The molecule has 1 aromatic carbocycles. The molecule has 1 heterocycles. The van der Waals surface area contributed by atoms with Gasteiger partial charge in [-0.15, -0.1) is 10.2 Å². The van der Waals surface area contributed by atoms with Gasteiger partial charge in [0.25, 0.3) is 0 Å². The van der Waals surface area contributed by atoms with Crippen LogP contribution >= 0.6 is 0 Å². The predicted octanol–water partition coefficient (Wildman–Crippen LogP) is 3.00. The Bertz CT molecular complexity index is 644. The maximum atomic E-state index is 8.59. The van der Waals surface area contributed by atoms with E-state index in [2.05, 4.69) is 34.5 Å². The predicted molar refractivity (Wildman–Crippen MR) is 83.3 cm³/mol. The van der Waals surface area contributed by atoms with Crippen LogP contribution in [0.25, 0.3) is 11.4 Å². The van der Waals surface area contributed by atoms with Crippen molar-refractivity contribution >= 4 is 0 Å². The zero-order chi connectivity index (χ0) is 15.8. The first-order chi connectivity index (χ1) is 10.8. The lowest BCUT2D eigenvalue weighted by Crippen LogP contribution is -2.01. The number of aryl methyl sites for hydroxylation is 2. The average molecular weight is 299 g/mol. The van der Waals surface area contributed by atoms with E-state index in [1.54, 1.807) is 7.11 Å². The molecule has 0 unspecified atom stereocenters. The van der Waals surface area contributed by atoms with Crippen LogP contribution in [0.3, 0.4) is 0 Å². The first-order valence-electron chi connectivity index (χ1n) is 7.60. The highest BCUT2D eigenvalue weighted by atomic mass is 16.5. The SMILES string of the molecule is CCCCCc1ccc(-c2nnn(CCC#N)n2)c(OC)c1. The molecule has 0 fully saturated rings. The van der Waals surface area contributed by atoms with Crippen LogP contribution in [-0.4, -0.2) is 27.3 Å². The molecule has 0 bridgehead atoms. The fourth-order valence-corrected chi connectivity index (χ4v) is 2.25. The van der Waals surface area contributed by atoms with E-state index in [0.717, 1.165) is 17.7 Å². The number of aromatic nitrogens is 4. The topological polar surface area (TPSA) is 76.6 Å². The first kappa shape index (κ1) is 16.0. The molecule has 1 aromatic heterocycles. The van der Waals surface area contributed by atoms with Crippen molar-refractivity contribution in [2.45, 2.75) is 45.6 Å². The summed E-state index contributed by atoms with van der Waals surface area (Å²) in [7, 11) is 1.65. The van der Waals surface area contributed by atoms with Gasteiger partial charge in [-0.05, 0) is 35.8 Å². The highest BCUT2D eigenvalue weighted by Crippen LogP contribution is 2.28. The molecule has 2 aromatic rings. The Balaban J connectivity index is 2.16. The van der Waals surface area contributed by atoms with Crippen molar-refractivity contribution in [2.24, 2.45) is 0 Å². The summed E-state index contributed by atoms with van der Waals surface area (Å²) in [6, 6.07) is 8.17. The summed E-state index contributed by atoms with van der Waals surface area (Å²) in [5.41, 5.74) is 2.08. The van der Waals surface area contributed by atoms with Crippen LogP contribution in [0.15, 0.2) is 18.2 Å². The fraction of sp³-hybridized carbons (Fsp3) is 0.500. The zero-order valence-electron chi connectivity index (χ0n) is 13.1.